The Morgan fingerprint density at radius 1 is 1.07 bits per heavy atom. The highest BCUT2D eigenvalue weighted by molar-refractivity contribution is 5.76. The molecule has 2 aromatic carbocycles. The van der Waals surface area contributed by atoms with Gasteiger partial charge in [-0.15, -0.1) is 0 Å². The molecule has 3 rings (SSSR count). The van der Waals surface area contributed by atoms with Gasteiger partial charge in [-0.25, -0.2) is 4.79 Å². The Morgan fingerprint density at radius 3 is 2.28 bits per heavy atom. The Morgan fingerprint density at radius 2 is 1.69 bits per heavy atom. The Hall–Kier alpha value is -3.02. The van der Waals surface area contributed by atoms with E-state index < -0.39 is 5.97 Å². The van der Waals surface area contributed by atoms with E-state index in [2.05, 4.69) is 5.32 Å². The Bertz CT molecular complexity index is 825. The van der Waals surface area contributed by atoms with E-state index in [0.29, 0.717) is 32.5 Å². The molecule has 1 fully saturated rings. The van der Waals surface area contributed by atoms with Crippen molar-refractivity contribution >= 4 is 12.0 Å². The van der Waals surface area contributed by atoms with Crippen molar-refractivity contribution in [3.63, 3.8) is 0 Å². The summed E-state index contributed by atoms with van der Waals surface area (Å²) in [6, 6.07) is 15.3. The van der Waals surface area contributed by atoms with E-state index in [-0.39, 0.29) is 18.0 Å². The summed E-state index contributed by atoms with van der Waals surface area (Å²) in [6.45, 7) is 5.22. The van der Waals surface area contributed by atoms with Crippen molar-refractivity contribution in [2.24, 2.45) is 5.92 Å². The highest BCUT2D eigenvalue weighted by Crippen LogP contribution is 2.25. The number of ether oxygens (including phenoxy) is 1. The second-order valence-electron chi connectivity index (χ2n) is 7.54. The number of amides is 2. The molecular weight excluding hydrogens is 368 g/mol. The molecule has 1 aliphatic rings. The second kappa shape index (κ2) is 9.45. The van der Waals surface area contributed by atoms with Crippen LogP contribution in [0, 0.1) is 19.8 Å². The van der Waals surface area contributed by atoms with Gasteiger partial charge in [-0.2, -0.15) is 0 Å². The van der Waals surface area contributed by atoms with Gasteiger partial charge >= 0.3 is 12.0 Å². The number of urea groups is 1. The summed E-state index contributed by atoms with van der Waals surface area (Å²) >= 11 is 0. The minimum atomic E-state index is -0.783. The molecule has 0 aliphatic carbocycles. The number of hydrogen-bond acceptors (Lipinski definition) is 3. The minimum Gasteiger partial charge on any atom is -0.491 e. The van der Waals surface area contributed by atoms with E-state index in [1.165, 1.54) is 0 Å². The number of nitrogens with zero attached hydrogens (tertiary/aromatic N) is 1. The van der Waals surface area contributed by atoms with E-state index >= 15 is 0 Å². The number of carbonyl (C=O) groups excluding carboxylic acids is 1. The van der Waals surface area contributed by atoms with E-state index in [4.69, 9.17) is 9.84 Å². The average Bonchev–Trinajstić information content (AvgIpc) is 2.73. The largest absolute Gasteiger partial charge is 0.491 e. The molecule has 0 aromatic heterocycles. The van der Waals surface area contributed by atoms with Gasteiger partial charge in [-0.1, -0.05) is 48.5 Å². The van der Waals surface area contributed by atoms with Gasteiger partial charge in [0.15, 0.2) is 0 Å². The van der Waals surface area contributed by atoms with Gasteiger partial charge in [0.2, 0.25) is 0 Å². The number of aryl methyl sites for hydroxylation is 2. The second-order valence-corrected chi connectivity index (χ2v) is 7.54. The maximum absolute atomic E-state index is 12.8. The molecule has 1 aliphatic heterocycles. The van der Waals surface area contributed by atoms with Crippen molar-refractivity contribution in [1.82, 2.24) is 10.2 Å². The van der Waals surface area contributed by atoms with E-state index in [1.807, 2.05) is 62.4 Å². The molecule has 6 nitrogen and oxygen atoms in total. The third-order valence-electron chi connectivity index (χ3n) is 5.43. The minimum absolute atomic E-state index is 0.187. The number of nitrogens with one attached hydrogen (secondary N) is 1. The van der Waals surface area contributed by atoms with Gasteiger partial charge in [0.1, 0.15) is 12.4 Å². The van der Waals surface area contributed by atoms with Crippen LogP contribution in [-0.2, 0) is 4.79 Å². The van der Waals surface area contributed by atoms with Crippen molar-refractivity contribution in [1.29, 1.82) is 0 Å². The third kappa shape index (κ3) is 5.28. The lowest BCUT2D eigenvalue weighted by molar-refractivity contribution is -0.143. The summed E-state index contributed by atoms with van der Waals surface area (Å²) < 4.78 is 6.11. The lowest BCUT2D eigenvalue weighted by Gasteiger charge is -2.32. The number of piperidine rings is 1. The Labute approximate surface area is 171 Å². The van der Waals surface area contributed by atoms with Crippen molar-refractivity contribution in [2.75, 3.05) is 19.7 Å². The van der Waals surface area contributed by atoms with Gasteiger partial charge in [-0.3, -0.25) is 4.79 Å². The van der Waals surface area contributed by atoms with Crippen LogP contribution in [0.1, 0.15) is 35.6 Å². The lowest BCUT2D eigenvalue weighted by Crippen LogP contribution is -2.47. The molecule has 6 heteroatoms. The van der Waals surface area contributed by atoms with Crippen LogP contribution in [0.4, 0.5) is 4.79 Å². The first-order chi connectivity index (χ1) is 14.0. The van der Waals surface area contributed by atoms with Crippen LogP contribution >= 0.6 is 0 Å². The lowest BCUT2D eigenvalue weighted by atomic mass is 9.97. The first-order valence-corrected chi connectivity index (χ1v) is 9.98. The molecular formula is C23H28N2O4. The number of para-hydroxylation sites is 1. The summed E-state index contributed by atoms with van der Waals surface area (Å²) in [6.07, 6.45) is 0.968. The van der Waals surface area contributed by atoms with Gasteiger partial charge < -0.3 is 20.1 Å². The summed E-state index contributed by atoms with van der Waals surface area (Å²) in [4.78, 5) is 25.6. The van der Waals surface area contributed by atoms with E-state index in [9.17, 15) is 9.59 Å². The molecule has 2 aromatic rings. The van der Waals surface area contributed by atoms with Crippen LogP contribution in [0.5, 0.6) is 5.75 Å². The van der Waals surface area contributed by atoms with Gasteiger partial charge in [0, 0.05) is 13.1 Å². The van der Waals surface area contributed by atoms with Crippen LogP contribution in [-0.4, -0.2) is 41.7 Å². The summed E-state index contributed by atoms with van der Waals surface area (Å²) in [5, 5.41) is 12.2. The number of carboxylic acid groups (broad SMARTS) is 1. The summed E-state index contributed by atoms with van der Waals surface area (Å²) in [7, 11) is 0. The monoisotopic (exact) mass is 396 g/mol. The number of likely N-dealkylation sites (tertiary alicyclic amines) is 1. The van der Waals surface area contributed by atoms with Crippen molar-refractivity contribution < 1.29 is 19.4 Å². The van der Waals surface area contributed by atoms with Gasteiger partial charge in [0.25, 0.3) is 0 Å². The van der Waals surface area contributed by atoms with Crippen molar-refractivity contribution in [3.8, 4) is 5.75 Å². The third-order valence-corrected chi connectivity index (χ3v) is 5.43. The zero-order chi connectivity index (χ0) is 20.8. The highest BCUT2D eigenvalue weighted by Gasteiger charge is 2.28. The molecule has 1 heterocycles. The number of benzene rings is 2. The molecule has 1 atom stereocenters. The molecule has 2 N–H and O–H groups in total. The highest BCUT2D eigenvalue weighted by atomic mass is 16.5. The zero-order valence-electron chi connectivity index (χ0n) is 16.9. The Kier molecular flexibility index (Phi) is 6.75. The summed E-state index contributed by atoms with van der Waals surface area (Å²) in [5.41, 5.74) is 3.07. The van der Waals surface area contributed by atoms with Crippen LogP contribution in [0.25, 0.3) is 0 Å². The van der Waals surface area contributed by atoms with Crippen molar-refractivity contribution in [2.45, 2.75) is 32.7 Å². The molecule has 154 valence electrons. The first kappa shape index (κ1) is 20.7. The average molecular weight is 396 g/mol. The van der Waals surface area contributed by atoms with Gasteiger partial charge in [0.05, 0.1) is 12.0 Å². The van der Waals surface area contributed by atoms with E-state index in [1.54, 1.807) is 4.90 Å². The zero-order valence-corrected chi connectivity index (χ0v) is 16.9. The Balaban J connectivity index is 1.68. The van der Waals surface area contributed by atoms with Crippen molar-refractivity contribution in [3.05, 3.63) is 65.2 Å². The van der Waals surface area contributed by atoms with Crippen LogP contribution < -0.4 is 10.1 Å². The molecule has 2 amide bonds. The van der Waals surface area contributed by atoms with Gasteiger partial charge in [-0.05, 0) is 43.4 Å². The molecule has 1 unspecified atom stereocenters. The number of carbonyl (C=O) groups is 2. The van der Waals surface area contributed by atoms with Crippen LogP contribution in [0.3, 0.4) is 0 Å². The molecule has 29 heavy (non-hydrogen) atoms. The number of hydrogen-bond donors (Lipinski definition) is 2. The topological polar surface area (TPSA) is 78.9 Å². The predicted molar refractivity (Wildman–Crippen MR) is 111 cm³/mol. The predicted octanol–water partition coefficient (Wildman–Crippen LogP) is 3.93. The smallest absolute Gasteiger partial charge is 0.317 e. The molecule has 0 saturated carbocycles. The molecule has 0 spiro atoms. The quantitative estimate of drug-likeness (QED) is 0.775. The maximum Gasteiger partial charge on any atom is 0.317 e. The van der Waals surface area contributed by atoms with E-state index in [0.717, 1.165) is 22.4 Å². The SMILES string of the molecule is Cc1cccc(C)c1OCC(NC(=O)N1CCC(C(=O)O)CC1)c1ccccc1. The number of carboxylic acids is 1. The standard InChI is InChI=1S/C23H28N2O4/c1-16-7-6-8-17(2)21(16)29-15-20(18-9-4-3-5-10-18)24-23(28)25-13-11-19(12-14-25)22(26)27/h3-10,19-20H,11-15H2,1-2H3,(H,24,28)(H,26,27). The summed E-state index contributed by atoms with van der Waals surface area (Å²) in [5.74, 6) is -0.310. The molecule has 0 bridgehead atoms. The number of rotatable bonds is 6. The maximum atomic E-state index is 12.8. The van der Waals surface area contributed by atoms with Crippen LogP contribution in [0.15, 0.2) is 48.5 Å². The first-order valence-electron chi connectivity index (χ1n) is 9.98. The fourth-order valence-corrected chi connectivity index (χ4v) is 3.67. The number of aliphatic carboxylic acids is 1. The molecule has 1 saturated heterocycles. The fourth-order valence-electron chi connectivity index (χ4n) is 3.67. The van der Waals surface area contributed by atoms with Crippen LogP contribution in [0.2, 0.25) is 0 Å². The molecule has 0 radical (unpaired) electrons. The normalized spacial score (nSPS) is 15.6. The fraction of sp³-hybridized carbons (Fsp3) is 0.391.